The maximum atomic E-state index is 10.6. The minimum absolute atomic E-state index is 0.127. The minimum Gasteiger partial charge on any atom is -0.470 e. The fourth-order valence-corrected chi connectivity index (χ4v) is 1.20. The van der Waals surface area contributed by atoms with Crippen LogP contribution in [0, 0.1) is 0 Å². The van der Waals surface area contributed by atoms with Gasteiger partial charge in [0, 0.05) is 19.5 Å². The number of Topliss-reactive ketones (excluding diaryl/α,β-unsaturated/α-hetero) is 1. The molecule has 0 aliphatic rings. The Morgan fingerprint density at radius 3 is 2.31 bits per heavy atom. The van der Waals surface area contributed by atoms with Crippen LogP contribution in [-0.2, 0) is 9.53 Å². The summed E-state index contributed by atoms with van der Waals surface area (Å²) in [5.41, 5.74) is 0. The molecule has 0 rings (SSSR count). The van der Waals surface area contributed by atoms with E-state index < -0.39 is 0 Å². The Kier molecular flexibility index (Phi) is 6.49. The number of carbonyl (C=O) groups is 1. The first-order valence-electron chi connectivity index (χ1n) is 4.52. The highest BCUT2D eigenvalue weighted by Crippen LogP contribution is 1.95. The number of nitrogens with zero attached hydrogens (tertiary/aromatic N) is 1. The molecular formula is C9H17NO2S. The van der Waals surface area contributed by atoms with Crippen molar-refractivity contribution >= 4 is 23.2 Å². The highest BCUT2D eigenvalue weighted by atomic mass is 32.1. The van der Waals surface area contributed by atoms with Gasteiger partial charge in [-0.25, -0.2) is 0 Å². The van der Waals surface area contributed by atoms with Crippen LogP contribution in [0.2, 0.25) is 0 Å². The number of hydrogen-bond donors (Lipinski definition) is 0. The van der Waals surface area contributed by atoms with Crippen molar-refractivity contribution in [3.05, 3.63) is 0 Å². The van der Waals surface area contributed by atoms with Gasteiger partial charge >= 0.3 is 0 Å². The van der Waals surface area contributed by atoms with E-state index in [-0.39, 0.29) is 5.78 Å². The van der Waals surface area contributed by atoms with Crippen molar-refractivity contribution < 1.29 is 9.53 Å². The summed E-state index contributed by atoms with van der Waals surface area (Å²) in [6, 6.07) is 0. The van der Waals surface area contributed by atoms with E-state index in [2.05, 4.69) is 0 Å². The molecule has 0 aromatic heterocycles. The summed E-state index contributed by atoms with van der Waals surface area (Å²) in [5, 5.41) is 0.492. The molecule has 0 heterocycles. The minimum atomic E-state index is 0.127. The van der Waals surface area contributed by atoms with Crippen LogP contribution in [0.25, 0.3) is 0 Å². The van der Waals surface area contributed by atoms with Gasteiger partial charge in [-0.05, 0) is 33.0 Å². The summed E-state index contributed by atoms with van der Waals surface area (Å²) in [4.78, 5) is 12.5. The summed E-state index contributed by atoms with van der Waals surface area (Å²) < 4.78 is 5.23. The standard InChI is InChI=1S/C9H17NO2S/c1-4-10(5-2)9(13)12-7-6-8(3)11/h4-7H2,1-3H3. The number of thiocarbonyl (C=S) groups is 1. The average Bonchev–Trinajstić information content (AvgIpc) is 2.05. The molecule has 0 radical (unpaired) electrons. The van der Waals surface area contributed by atoms with Crippen molar-refractivity contribution in [3.63, 3.8) is 0 Å². The molecule has 0 N–H and O–H groups in total. The van der Waals surface area contributed by atoms with Crippen LogP contribution in [0.1, 0.15) is 27.2 Å². The van der Waals surface area contributed by atoms with Crippen molar-refractivity contribution in [2.75, 3.05) is 19.7 Å². The summed E-state index contributed by atoms with van der Waals surface area (Å²) >= 11 is 5.02. The maximum Gasteiger partial charge on any atom is 0.259 e. The predicted octanol–water partition coefficient (Wildman–Crippen LogP) is 1.61. The molecule has 0 aromatic rings. The number of ketones is 1. The van der Waals surface area contributed by atoms with Gasteiger partial charge in [0.05, 0.1) is 6.61 Å². The maximum absolute atomic E-state index is 10.6. The van der Waals surface area contributed by atoms with Crippen molar-refractivity contribution in [1.29, 1.82) is 0 Å². The SMILES string of the molecule is CCN(CC)C(=S)OCCC(C)=O. The third kappa shape index (κ3) is 5.58. The lowest BCUT2D eigenvalue weighted by molar-refractivity contribution is -0.117. The Morgan fingerprint density at radius 2 is 1.92 bits per heavy atom. The van der Waals surface area contributed by atoms with Crippen molar-refractivity contribution in [1.82, 2.24) is 4.90 Å². The van der Waals surface area contributed by atoms with Crippen molar-refractivity contribution in [2.45, 2.75) is 27.2 Å². The van der Waals surface area contributed by atoms with Gasteiger partial charge in [-0.2, -0.15) is 0 Å². The fourth-order valence-electron chi connectivity index (χ4n) is 0.855. The third-order valence-corrected chi connectivity index (χ3v) is 2.08. The zero-order valence-electron chi connectivity index (χ0n) is 8.50. The quantitative estimate of drug-likeness (QED) is 0.635. The van der Waals surface area contributed by atoms with Crippen LogP contribution in [0.15, 0.2) is 0 Å². The first-order valence-corrected chi connectivity index (χ1v) is 4.93. The van der Waals surface area contributed by atoms with E-state index in [1.54, 1.807) is 6.92 Å². The second-order valence-electron chi connectivity index (χ2n) is 2.74. The average molecular weight is 203 g/mol. The molecule has 0 aromatic carbocycles. The highest BCUT2D eigenvalue weighted by molar-refractivity contribution is 7.80. The molecule has 0 aliphatic heterocycles. The molecule has 0 fully saturated rings. The van der Waals surface area contributed by atoms with Gasteiger partial charge in [-0.3, -0.25) is 4.79 Å². The van der Waals surface area contributed by atoms with Gasteiger partial charge in [0.25, 0.3) is 5.17 Å². The first kappa shape index (κ1) is 12.4. The molecule has 0 saturated heterocycles. The largest absolute Gasteiger partial charge is 0.470 e. The van der Waals surface area contributed by atoms with Crippen LogP contribution in [0.5, 0.6) is 0 Å². The Balaban J connectivity index is 3.66. The Bertz CT molecular complexity index is 178. The van der Waals surface area contributed by atoms with E-state index in [0.717, 1.165) is 13.1 Å². The lowest BCUT2D eigenvalue weighted by Gasteiger charge is -2.20. The lowest BCUT2D eigenvalue weighted by Crippen LogP contribution is -2.31. The number of hydrogen-bond acceptors (Lipinski definition) is 3. The van der Waals surface area contributed by atoms with E-state index in [4.69, 9.17) is 17.0 Å². The summed E-state index contributed by atoms with van der Waals surface area (Å²) in [7, 11) is 0. The van der Waals surface area contributed by atoms with Gasteiger partial charge in [0.15, 0.2) is 0 Å². The molecule has 0 atom stereocenters. The summed E-state index contributed by atoms with van der Waals surface area (Å²) in [6.45, 7) is 7.66. The highest BCUT2D eigenvalue weighted by Gasteiger charge is 2.05. The summed E-state index contributed by atoms with van der Waals surface area (Å²) in [6.07, 6.45) is 0.432. The molecule has 0 bridgehead atoms. The van der Waals surface area contributed by atoms with Crippen LogP contribution >= 0.6 is 12.2 Å². The van der Waals surface area contributed by atoms with Crippen LogP contribution < -0.4 is 0 Å². The molecule has 0 amide bonds. The van der Waals surface area contributed by atoms with Crippen molar-refractivity contribution in [3.8, 4) is 0 Å². The van der Waals surface area contributed by atoms with Gasteiger partial charge in [0.1, 0.15) is 5.78 Å². The lowest BCUT2D eigenvalue weighted by atomic mass is 10.3. The van der Waals surface area contributed by atoms with E-state index in [1.807, 2.05) is 18.7 Å². The molecule has 3 nitrogen and oxygen atoms in total. The Hall–Kier alpha value is -0.640. The van der Waals surface area contributed by atoms with Gasteiger partial charge in [0.2, 0.25) is 0 Å². The second kappa shape index (κ2) is 6.83. The van der Waals surface area contributed by atoms with E-state index in [0.29, 0.717) is 18.2 Å². The molecular weight excluding hydrogens is 186 g/mol. The zero-order chi connectivity index (χ0) is 10.3. The number of carbonyl (C=O) groups excluding carboxylic acids is 1. The van der Waals surface area contributed by atoms with E-state index in [9.17, 15) is 4.79 Å². The molecule has 0 spiro atoms. The Labute approximate surface area is 85.1 Å². The van der Waals surface area contributed by atoms with Crippen LogP contribution in [0.4, 0.5) is 0 Å². The first-order chi connectivity index (χ1) is 6.11. The molecule has 76 valence electrons. The number of rotatable bonds is 5. The van der Waals surface area contributed by atoms with E-state index >= 15 is 0 Å². The molecule has 0 aliphatic carbocycles. The molecule has 4 heteroatoms. The van der Waals surface area contributed by atoms with E-state index in [1.165, 1.54) is 0 Å². The predicted molar refractivity (Wildman–Crippen MR) is 56.8 cm³/mol. The van der Waals surface area contributed by atoms with Crippen LogP contribution in [0.3, 0.4) is 0 Å². The topological polar surface area (TPSA) is 29.5 Å². The van der Waals surface area contributed by atoms with Gasteiger partial charge in [-0.15, -0.1) is 0 Å². The molecule has 0 saturated carbocycles. The fraction of sp³-hybridized carbons (Fsp3) is 0.778. The third-order valence-electron chi connectivity index (χ3n) is 1.70. The van der Waals surface area contributed by atoms with Gasteiger partial charge in [-0.1, -0.05) is 0 Å². The summed E-state index contributed by atoms with van der Waals surface area (Å²) in [5.74, 6) is 0.127. The second-order valence-corrected chi connectivity index (χ2v) is 3.09. The molecule has 13 heavy (non-hydrogen) atoms. The van der Waals surface area contributed by atoms with Crippen molar-refractivity contribution in [2.24, 2.45) is 0 Å². The monoisotopic (exact) mass is 203 g/mol. The van der Waals surface area contributed by atoms with Gasteiger partial charge < -0.3 is 9.64 Å². The molecule has 0 unspecified atom stereocenters. The zero-order valence-corrected chi connectivity index (χ0v) is 9.32. The smallest absolute Gasteiger partial charge is 0.259 e. The van der Waals surface area contributed by atoms with Crippen LogP contribution in [-0.4, -0.2) is 35.6 Å². The number of ether oxygens (including phenoxy) is 1. The normalized spacial score (nSPS) is 9.46. The Morgan fingerprint density at radius 1 is 1.38 bits per heavy atom.